The standard InChI is InChI=1S/C50H55NO12/c1-48(2)58-31-39(59-48)43-44(61-49(3,4)60-43)42-38-22-14-21-37-40(38)50(62-42,63-47(52)35-23-25-36(26-24-35)51(53)54)46(57-30-34-19-12-7-13-20-34)45(56-29-33-17-10-6-11-18-33)41(37)55-28-27-32-15-8-5-9-16-32/h5-21,23-26,37-46H,22,27-31H2,1-4H3/t37-,38-,39+,40-,41+,42-,43+,44+,45-,46+,50+/m0/s1. The van der Waals surface area contributed by atoms with Crippen molar-refractivity contribution in [3.05, 3.63) is 160 Å². The van der Waals surface area contributed by atoms with Gasteiger partial charge in [0, 0.05) is 29.9 Å². The zero-order chi connectivity index (χ0) is 43.8. The van der Waals surface area contributed by atoms with Gasteiger partial charge in [0.05, 0.1) is 49.1 Å². The molecule has 0 radical (unpaired) electrons. The van der Waals surface area contributed by atoms with Gasteiger partial charge in [-0.3, -0.25) is 10.1 Å². The van der Waals surface area contributed by atoms with E-state index in [2.05, 4.69) is 24.3 Å². The van der Waals surface area contributed by atoms with E-state index in [4.69, 9.17) is 42.6 Å². The number of carbonyl (C=O) groups excluding carboxylic acids is 1. The second-order valence-corrected chi connectivity index (χ2v) is 17.9. The molecule has 5 aliphatic rings. The van der Waals surface area contributed by atoms with Crippen molar-refractivity contribution in [1.29, 1.82) is 0 Å². The van der Waals surface area contributed by atoms with E-state index in [-0.39, 0.29) is 42.9 Å². The van der Waals surface area contributed by atoms with Gasteiger partial charge in [0.25, 0.3) is 5.69 Å². The molecule has 0 unspecified atom stereocenters. The molecule has 0 N–H and O–H groups in total. The minimum Gasteiger partial charge on any atom is -0.426 e. The van der Waals surface area contributed by atoms with E-state index >= 15 is 0 Å². The summed E-state index contributed by atoms with van der Waals surface area (Å²) in [5, 5.41) is 11.6. The lowest BCUT2D eigenvalue weighted by atomic mass is 9.62. The molecule has 4 aromatic rings. The normalized spacial score (nSPS) is 32.6. The molecule has 0 amide bonds. The summed E-state index contributed by atoms with van der Waals surface area (Å²) < 4.78 is 61.5. The topological polar surface area (TPSA) is 143 Å². The van der Waals surface area contributed by atoms with Gasteiger partial charge in [-0.25, -0.2) is 4.79 Å². The summed E-state index contributed by atoms with van der Waals surface area (Å²) in [5.41, 5.74) is 2.92. The molecule has 3 saturated heterocycles. The first-order valence-electron chi connectivity index (χ1n) is 21.9. The Hall–Kier alpha value is -4.83. The largest absolute Gasteiger partial charge is 0.426 e. The molecule has 332 valence electrons. The average Bonchev–Trinajstić information content (AvgIpc) is 3.94. The van der Waals surface area contributed by atoms with E-state index in [0.717, 1.165) is 16.7 Å². The fourth-order valence-corrected chi connectivity index (χ4v) is 10.1. The Kier molecular flexibility index (Phi) is 12.4. The van der Waals surface area contributed by atoms with Crippen LogP contribution in [0.1, 0.15) is 61.2 Å². The number of rotatable bonds is 15. The predicted octanol–water partition coefficient (Wildman–Crippen LogP) is 8.14. The molecule has 13 nitrogen and oxygen atoms in total. The first-order chi connectivity index (χ1) is 30.4. The van der Waals surface area contributed by atoms with Crippen LogP contribution in [0.3, 0.4) is 0 Å². The van der Waals surface area contributed by atoms with Gasteiger partial charge in [-0.05, 0) is 69.4 Å². The van der Waals surface area contributed by atoms with Crippen molar-refractivity contribution >= 4 is 11.7 Å². The molecule has 1 saturated carbocycles. The molecular weight excluding hydrogens is 807 g/mol. The van der Waals surface area contributed by atoms with E-state index < -0.39 is 76.9 Å². The highest BCUT2D eigenvalue weighted by atomic mass is 16.8. The van der Waals surface area contributed by atoms with E-state index in [1.165, 1.54) is 24.3 Å². The molecule has 9 rings (SSSR count). The van der Waals surface area contributed by atoms with Gasteiger partial charge in [-0.1, -0.05) is 103 Å². The maximum absolute atomic E-state index is 14.7. The fourth-order valence-electron chi connectivity index (χ4n) is 10.1. The fraction of sp³-hybridized carbons (Fsp3) is 0.460. The van der Waals surface area contributed by atoms with Crippen molar-refractivity contribution in [2.24, 2.45) is 17.8 Å². The summed E-state index contributed by atoms with van der Waals surface area (Å²) in [5.74, 6) is -5.56. The number of benzene rings is 4. The van der Waals surface area contributed by atoms with Gasteiger partial charge in [0.1, 0.15) is 24.4 Å². The van der Waals surface area contributed by atoms with Gasteiger partial charge >= 0.3 is 5.97 Å². The summed E-state index contributed by atoms with van der Waals surface area (Å²) in [6.07, 6.45) is 0.592. The minimum absolute atomic E-state index is 0.115. The van der Waals surface area contributed by atoms with Crippen molar-refractivity contribution in [2.45, 2.75) is 114 Å². The molecule has 2 aliphatic carbocycles. The zero-order valence-electron chi connectivity index (χ0n) is 36.0. The summed E-state index contributed by atoms with van der Waals surface area (Å²) in [4.78, 5) is 25.8. The van der Waals surface area contributed by atoms with Crippen LogP contribution in [0.2, 0.25) is 0 Å². The lowest BCUT2D eigenvalue weighted by molar-refractivity contribution is -0.384. The number of nitrogens with zero attached hydrogens (tertiary/aromatic N) is 1. The molecule has 0 spiro atoms. The number of ether oxygens (including phenoxy) is 9. The molecule has 11 atom stereocenters. The third-order valence-electron chi connectivity index (χ3n) is 12.8. The van der Waals surface area contributed by atoms with E-state index in [9.17, 15) is 14.9 Å². The van der Waals surface area contributed by atoms with Gasteiger partial charge in [-0.2, -0.15) is 0 Å². The van der Waals surface area contributed by atoms with E-state index in [1.807, 2.05) is 107 Å². The summed E-state index contributed by atoms with van der Waals surface area (Å²) in [6.45, 7) is 8.49. The number of nitro benzene ring substituents is 1. The summed E-state index contributed by atoms with van der Waals surface area (Å²) in [6, 6.07) is 35.2. The van der Waals surface area contributed by atoms with Crippen molar-refractivity contribution in [3.8, 4) is 0 Å². The van der Waals surface area contributed by atoms with Crippen LogP contribution in [0, 0.1) is 27.9 Å². The average molecular weight is 862 g/mol. The smallest absolute Gasteiger partial charge is 0.340 e. The number of allylic oxidation sites excluding steroid dienone is 1. The number of carbonyl (C=O) groups is 1. The van der Waals surface area contributed by atoms with Crippen LogP contribution in [0.4, 0.5) is 5.69 Å². The maximum atomic E-state index is 14.7. The number of hydrogen-bond acceptors (Lipinski definition) is 12. The molecule has 3 heterocycles. The van der Waals surface area contributed by atoms with Gasteiger partial charge < -0.3 is 42.6 Å². The van der Waals surface area contributed by atoms with Crippen molar-refractivity contribution in [3.63, 3.8) is 0 Å². The minimum atomic E-state index is -1.79. The Morgan fingerprint density at radius 2 is 1.32 bits per heavy atom. The van der Waals surface area contributed by atoms with Crippen LogP contribution in [0.5, 0.6) is 0 Å². The molecule has 0 bridgehead atoms. The molecule has 13 heteroatoms. The van der Waals surface area contributed by atoms with E-state index in [0.29, 0.717) is 19.4 Å². The Bertz CT molecular complexity index is 2220. The van der Waals surface area contributed by atoms with Crippen LogP contribution in [-0.4, -0.2) is 84.2 Å². The van der Waals surface area contributed by atoms with Crippen LogP contribution in [0.25, 0.3) is 0 Å². The lowest BCUT2D eigenvalue weighted by Gasteiger charge is -2.54. The Morgan fingerprint density at radius 1 is 0.698 bits per heavy atom. The predicted molar refractivity (Wildman–Crippen MR) is 229 cm³/mol. The number of non-ortho nitro benzene ring substituents is 1. The highest BCUT2D eigenvalue weighted by molar-refractivity contribution is 5.90. The van der Waals surface area contributed by atoms with Crippen LogP contribution in [-0.2, 0) is 62.3 Å². The molecule has 63 heavy (non-hydrogen) atoms. The number of nitro groups is 1. The highest BCUT2D eigenvalue weighted by Crippen LogP contribution is 2.60. The number of esters is 1. The zero-order valence-corrected chi connectivity index (χ0v) is 36.0. The third-order valence-corrected chi connectivity index (χ3v) is 12.8. The first-order valence-corrected chi connectivity index (χ1v) is 21.9. The second kappa shape index (κ2) is 18.0. The van der Waals surface area contributed by atoms with Crippen LogP contribution >= 0.6 is 0 Å². The summed E-state index contributed by atoms with van der Waals surface area (Å²) in [7, 11) is 0. The van der Waals surface area contributed by atoms with E-state index in [1.54, 1.807) is 0 Å². The number of hydrogen-bond donors (Lipinski definition) is 0. The molecule has 4 fully saturated rings. The van der Waals surface area contributed by atoms with Gasteiger partial charge in [-0.15, -0.1) is 0 Å². The van der Waals surface area contributed by atoms with Crippen molar-refractivity contribution in [1.82, 2.24) is 0 Å². The van der Waals surface area contributed by atoms with Crippen molar-refractivity contribution < 1.29 is 52.3 Å². The summed E-state index contributed by atoms with van der Waals surface area (Å²) >= 11 is 0. The monoisotopic (exact) mass is 861 g/mol. The third kappa shape index (κ3) is 9.11. The molecule has 0 aromatic heterocycles. The Balaban J connectivity index is 1.17. The second-order valence-electron chi connectivity index (χ2n) is 17.9. The van der Waals surface area contributed by atoms with Gasteiger partial charge in [0.15, 0.2) is 17.7 Å². The SMILES string of the molecule is CC1(C)O[C@H]([C@H]2O[C@@]3(OC(=O)c4ccc([N+](=O)[O-])cc4)[C@H]4[C@H](C=CC[C@H]24)[C@@H](OCCc2ccccc2)[C@H](OCc2ccccc2)[C@H]3OCc2ccccc2)[C@@H]([C@H]2COC(C)(C)O2)O1. The van der Waals surface area contributed by atoms with Crippen LogP contribution < -0.4 is 0 Å². The quantitative estimate of drug-likeness (QED) is 0.0493. The lowest BCUT2D eigenvalue weighted by Crippen LogP contribution is -2.68. The van der Waals surface area contributed by atoms with Gasteiger partial charge in [0.2, 0.25) is 5.79 Å². The Labute approximate surface area is 367 Å². The maximum Gasteiger partial charge on any atom is 0.340 e. The Morgan fingerprint density at radius 3 is 1.94 bits per heavy atom. The highest BCUT2D eigenvalue weighted by Gasteiger charge is 2.73. The van der Waals surface area contributed by atoms with Crippen molar-refractivity contribution in [2.75, 3.05) is 13.2 Å². The molecule has 4 aromatic carbocycles. The molecule has 3 aliphatic heterocycles. The van der Waals surface area contributed by atoms with Crippen LogP contribution in [0.15, 0.2) is 127 Å². The first kappa shape index (κ1) is 43.4. The molecular formula is C50H55NO12.